The first-order chi connectivity index (χ1) is 9.18. The molecule has 1 unspecified atom stereocenters. The zero-order valence-corrected chi connectivity index (χ0v) is 12.9. The Bertz CT molecular complexity index is 248. The summed E-state index contributed by atoms with van der Waals surface area (Å²) in [5, 5.41) is 11.0. The fourth-order valence-corrected chi connectivity index (χ4v) is 4.12. The Labute approximate surface area is 118 Å². The summed E-state index contributed by atoms with van der Waals surface area (Å²) < 4.78 is 6.12. The summed E-state index contributed by atoms with van der Waals surface area (Å²) in [6, 6.07) is 0. The quantitative estimate of drug-likeness (QED) is 0.770. The largest absolute Gasteiger partial charge is 0.390 e. The van der Waals surface area contributed by atoms with Crippen molar-refractivity contribution < 1.29 is 9.84 Å². The maximum Gasteiger partial charge on any atom is 0.0942 e. The van der Waals surface area contributed by atoms with Crippen LogP contribution in [-0.2, 0) is 4.74 Å². The lowest BCUT2D eigenvalue weighted by molar-refractivity contribution is -0.162. The molecule has 2 fully saturated rings. The summed E-state index contributed by atoms with van der Waals surface area (Å²) in [5.74, 6) is 1.28. The third kappa shape index (κ3) is 3.72. The van der Waals surface area contributed by atoms with Gasteiger partial charge in [-0.3, -0.25) is 0 Å². The second kappa shape index (κ2) is 7.08. The van der Waals surface area contributed by atoms with Crippen LogP contribution in [0.5, 0.6) is 0 Å². The molecule has 2 heteroatoms. The Morgan fingerprint density at radius 2 is 1.63 bits per heavy atom. The van der Waals surface area contributed by atoms with E-state index in [0.717, 1.165) is 25.4 Å². The molecule has 19 heavy (non-hydrogen) atoms. The first-order valence-electron chi connectivity index (χ1n) is 8.50. The van der Waals surface area contributed by atoms with Crippen molar-refractivity contribution in [1.29, 1.82) is 0 Å². The maximum absolute atomic E-state index is 11.0. The molecule has 0 radical (unpaired) electrons. The van der Waals surface area contributed by atoms with Gasteiger partial charge in [0.15, 0.2) is 0 Å². The molecule has 0 aliphatic heterocycles. The minimum Gasteiger partial charge on any atom is -0.390 e. The van der Waals surface area contributed by atoms with E-state index in [1.807, 2.05) is 0 Å². The molecule has 0 spiro atoms. The third-order valence-corrected chi connectivity index (χ3v) is 5.44. The van der Waals surface area contributed by atoms with Crippen LogP contribution in [0.4, 0.5) is 0 Å². The standard InChI is InChI=1S/C17H32O2/c1-3-19-17(12-10-14(2)11-13-17)16(18)15-8-6-4-5-7-9-15/h14-16,18H,3-13H2,1-2H3. The van der Waals surface area contributed by atoms with Crippen LogP contribution in [0.3, 0.4) is 0 Å². The predicted octanol–water partition coefficient (Wildman–Crippen LogP) is 4.30. The molecule has 2 rings (SSSR count). The highest BCUT2D eigenvalue weighted by molar-refractivity contribution is 4.95. The normalized spacial score (nSPS) is 35.8. The maximum atomic E-state index is 11.0. The number of hydrogen-bond acceptors (Lipinski definition) is 2. The molecular weight excluding hydrogens is 236 g/mol. The fraction of sp³-hybridized carbons (Fsp3) is 1.00. The lowest BCUT2D eigenvalue weighted by Crippen LogP contribution is -2.51. The van der Waals surface area contributed by atoms with Gasteiger partial charge in [-0.1, -0.05) is 32.6 Å². The van der Waals surface area contributed by atoms with Crippen LogP contribution in [0.25, 0.3) is 0 Å². The Balaban J connectivity index is 2.04. The van der Waals surface area contributed by atoms with Crippen LogP contribution in [-0.4, -0.2) is 23.4 Å². The SMILES string of the molecule is CCOC1(C(O)C2CCCCCC2)CCC(C)CC1. The molecule has 1 atom stereocenters. The summed E-state index contributed by atoms with van der Waals surface area (Å²) in [6.07, 6.45) is 12.0. The van der Waals surface area contributed by atoms with Crippen LogP contribution >= 0.6 is 0 Å². The van der Waals surface area contributed by atoms with Crippen molar-refractivity contribution in [3.8, 4) is 0 Å². The van der Waals surface area contributed by atoms with Gasteiger partial charge in [0.1, 0.15) is 0 Å². The van der Waals surface area contributed by atoms with E-state index in [1.165, 1.54) is 51.4 Å². The topological polar surface area (TPSA) is 29.5 Å². The Kier molecular flexibility index (Phi) is 5.70. The first kappa shape index (κ1) is 15.3. The molecule has 0 saturated heterocycles. The molecule has 0 heterocycles. The zero-order chi connectivity index (χ0) is 13.7. The van der Waals surface area contributed by atoms with Gasteiger partial charge >= 0.3 is 0 Å². The molecule has 0 aromatic heterocycles. The van der Waals surface area contributed by atoms with Gasteiger partial charge in [0, 0.05) is 6.61 Å². The second-order valence-corrected chi connectivity index (χ2v) is 6.88. The van der Waals surface area contributed by atoms with E-state index in [0.29, 0.717) is 5.92 Å². The minimum absolute atomic E-state index is 0.226. The molecule has 112 valence electrons. The second-order valence-electron chi connectivity index (χ2n) is 6.88. The summed E-state index contributed by atoms with van der Waals surface area (Å²) in [4.78, 5) is 0. The Hall–Kier alpha value is -0.0800. The van der Waals surface area contributed by atoms with E-state index in [-0.39, 0.29) is 11.7 Å². The number of rotatable bonds is 4. The molecule has 0 aromatic carbocycles. The third-order valence-electron chi connectivity index (χ3n) is 5.44. The molecule has 2 aliphatic carbocycles. The van der Waals surface area contributed by atoms with Gasteiger partial charge in [-0.05, 0) is 57.3 Å². The van der Waals surface area contributed by atoms with Crippen LogP contribution in [0.2, 0.25) is 0 Å². The van der Waals surface area contributed by atoms with Gasteiger partial charge < -0.3 is 9.84 Å². The van der Waals surface area contributed by atoms with Crippen molar-refractivity contribution in [3.05, 3.63) is 0 Å². The van der Waals surface area contributed by atoms with E-state index in [1.54, 1.807) is 0 Å². The van der Waals surface area contributed by atoms with Crippen molar-refractivity contribution in [2.45, 2.75) is 89.8 Å². The van der Waals surface area contributed by atoms with Crippen LogP contribution in [0.1, 0.15) is 78.1 Å². The van der Waals surface area contributed by atoms with E-state index >= 15 is 0 Å². The summed E-state index contributed by atoms with van der Waals surface area (Å²) in [6.45, 7) is 5.13. The molecule has 2 aliphatic rings. The van der Waals surface area contributed by atoms with Crippen molar-refractivity contribution in [2.24, 2.45) is 11.8 Å². The molecule has 0 bridgehead atoms. The van der Waals surface area contributed by atoms with E-state index < -0.39 is 0 Å². The van der Waals surface area contributed by atoms with Crippen LogP contribution in [0.15, 0.2) is 0 Å². The number of aliphatic hydroxyl groups is 1. The molecular formula is C17H32O2. The number of ether oxygens (including phenoxy) is 1. The van der Waals surface area contributed by atoms with Gasteiger partial charge in [-0.15, -0.1) is 0 Å². The lowest BCUT2D eigenvalue weighted by atomic mass is 9.71. The fourth-order valence-electron chi connectivity index (χ4n) is 4.12. The van der Waals surface area contributed by atoms with Gasteiger partial charge in [0.2, 0.25) is 0 Å². The predicted molar refractivity (Wildman–Crippen MR) is 79.2 cm³/mol. The number of aliphatic hydroxyl groups excluding tert-OH is 1. The summed E-state index contributed by atoms with van der Waals surface area (Å²) in [7, 11) is 0. The van der Waals surface area contributed by atoms with Gasteiger partial charge in [-0.2, -0.15) is 0 Å². The minimum atomic E-state index is -0.238. The van der Waals surface area contributed by atoms with E-state index in [9.17, 15) is 5.11 Å². The highest BCUT2D eigenvalue weighted by atomic mass is 16.5. The summed E-state index contributed by atoms with van der Waals surface area (Å²) >= 11 is 0. The van der Waals surface area contributed by atoms with E-state index in [2.05, 4.69) is 13.8 Å². The van der Waals surface area contributed by atoms with Crippen LogP contribution in [0, 0.1) is 11.8 Å². The molecule has 2 saturated carbocycles. The molecule has 0 amide bonds. The van der Waals surface area contributed by atoms with Gasteiger partial charge in [0.25, 0.3) is 0 Å². The highest BCUT2D eigenvalue weighted by Gasteiger charge is 2.44. The first-order valence-corrected chi connectivity index (χ1v) is 8.50. The smallest absolute Gasteiger partial charge is 0.0942 e. The van der Waals surface area contributed by atoms with Crippen molar-refractivity contribution in [2.75, 3.05) is 6.61 Å². The number of hydrogen-bond donors (Lipinski definition) is 1. The zero-order valence-electron chi connectivity index (χ0n) is 12.9. The lowest BCUT2D eigenvalue weighted by Gasteiger charge is -2.45. The molecule has 0 aromatic rings. The average molecular weight is 268 g/mol. The van der Waals surface area contributed by atoms with E-state index in [4.69, 9.17) is 4.74 Å². The van der Waals surface area contributed by atoms with Crippen molar-refractivity contribution in [1.82, 2.24) is 0 Å². The average Bonchev–Trinajstić information content (AvgIpc) is 2.70. The highest BCUT2D eigenvalue weighted by Crippen LogP contribution is 2.42. The molecule has 1 N–H and O–H groups in total. The Morgan fingerprint density at radius 3 is 2.16 bits per heavy atom. The monoisotopic (exact) mass is 268 g/mol. The Morgan fingerprint density at radius 1 is 1.05 bits per heavy atom. The van der Waals surface area contributed by atoms with Gasteiger partial charge in [0.05, 0.1) is 11.7 Å². The van der Waals surface area contributed by atoms with Gasteiger partial charge in [-0.25, -0.2) is 0 Å². The van der Waals surface area contributed by atoms with Crippen molar-refractivity contribution >= 4 is 0 Å². The summed E-state index contributed by atoms with van der Waals surface area (Å²) in [5.41, 5.74) is -0.226. The van der Waals surface area contributed by atoms with Crippen LogP contribution < -0.4 is 0 Å². The van der Waals surface area contributed by atoms with Crippen molar-refractivity contribution in [3.63, 3.8) is 0 Å². The molecule has 2 nitrogen and oxygen atoms in total.